The fourth-order valence-corrected chi connectivity index (χ4v) is 3.28. The van der Waals surface area contributed by atoms with Gasteiger partial charge < -0.3 is 9.42 Å². The van der Waals surface area contributed by atoms with E-state index in [9.17, 15) is 9.18 Å². The quantitative estimate of drug-likeness (QED) is 0.831. The van der Waals surface area contributed by atoms with E-state index in [4.69, 9.17) is 16.1 Å². The molecule has 5 nitrogen and oxygen atoms in total. The molecule has 2 heterocycles. The predicted octanol–water partition coefficient (Wildman–Crippen LogP) is 3.38. The van der Waals surface area contributed by atoms with Crippen LogP contribution in [-0.2, 0) is 16.9 Å². The molecule has 2 fully saturated rings. The van der Waals surface area contributed by atoms with Crippen LogP contribution >= 0.6 is 11.6 Å². The molecule has 1 aliphatic carbocycles. The number of hydrogen-bond donors (Lipinski definition) is 0. The zero-order valence-electron chi connectivity index (χ0n) is 13.3. The van der Waals surface area contributed by atoms with Crippen molar-refractivity contribution in [1.29, 1.82) is 0 Å². The van der Waals surface area contributed by atoms with Crippen molar-refractivity contribution in [3.63, 3.8) is 0 Å². The Kier molecular flexibility index (Phi) is 3.98. The number of carbonyl (C=O) groups is 1. The molecule has 132 valence electrons. The molecule has 0 spiro atoms. The number of hydrogen-bond acceptors (Lipinski definition) is 4. The molecule has 1 aromatic heterocycles. The number of amides is 1. The van der Waals surface area contributed by atoms with E-state index in [2.05, 4.69) is 10.1 Å². The first-order chi connectivity index (χ1) is 12.0. The summed E-state index contributed by atoms with van der Waals surface area (Å²) in [5.41, 5.74) is -1.73. The monoisotopic (exact) mass is 367 g/mol. The van der Waals surface area contributed by atoms with Crippen LogP contribution in [0.2, 0.25) is 5.02 Å². The fourth-order valence-electron chi connectivity index (χ4n) is 3.05. The van der Waals surface area contributed by atoms with Gasteiger partial charge in [-0.05, 0) is 25.0 Å². The number of halogens is 3. The Morgan fingerprint density at radius 1 is 1.44 bits per heavy atom. The highest BCUT2D eigenvalue weighted by Gasteiger charge is 2.47. The summed E-state index contributed by atoms with van der Waals surface area (Å²) in [5, 5.41) is 4.02. The summed E-state index contributed by atoms with van der Waals surface area (Å²) in [5.74, 6) is -0.196. The largest absolute Gasteiger partial charge is 0.339 e. The van der Waals surface area contributed by atoms with Crippen LogP contribution in [-0.4, -0.2) is 34.0 Å². The zero-order valence-corrected chi connectivity index (χ0v) is 14.1. The SMILES string of the molecule is O=C(Cc1c(F)cccc1Cl)N1CCC(F)(c2nc(C3CC3)no2)C1. The van der Waals surface area contributed by atoms with Crippen LogP contribution in [0.15, 0.2) is 22.7 Å². The van der Waals surface area contributed by atoms with Gasteiger partial charge in [0.1, 0.15) is 5.82 Å². The molecule has 0 N–H and O–H groups in total. The minimum Gasteiger partial charge on any atom is -0.339 e. The van der Waals surface area contributed by atoms with Crippen molar-refractivity contribution >= 4 is 17.5 Å². The van der Waals surface area contributed by atoms with Crippen LogP contribution < -0.4 is 0 Å². The van der Waals surface area contributed by atoms with Crippen molar-refractivity contribution < 1.29 is 18.1 Å². The summed E-state index contributed by atoms with van der Waals surface area (Å²) in [4.78, 5) is 17.9. The Morgan fingerprint density at radius 2 is 2.24 bits per heavy atom. The number of likely N-dealkylation sites (tertiary alicyclic amines) is 1. The molecule has 1 amide bonds. The molecule has 1 atom stereocenters. The van der Waals surface area contributed by atoms with Gasteiger partial charge in [-0.3, -0.25) is 4.79 Å². The standard InChI is InChI=1S/C17H16ClF2N3O2/c18-12-2-1-3-13(19)11(12)8-14(24)23-7-6-17(20,9-23)16-21-15(22-25-16)10-4-5-10/h1-3,10H,4-9H2. The number of nitrogens with zero attached hydrogens (tertiary/aromatic N) is 3. The third-order valence-electron chi connectivity index (χ3n) is 4.73. The van der Waals surface area contributed by atoms with Gasteiger partial charge in [-0.2, -0.15) is 4.98 Å². The summed E-state index contributed by atoms with van der Waals surface area (Å²) in [7, 11) is 0. The molecule has 25 heavy (non-hydrogen) atoms. The fraction of sp³-hybridized carbons (Fsp3) is 0.471. The maximum Gasteiger partial charge on any atom is 0.266 e. The second-order valence-electron chi connectivity index (χ2n) is 6.64. The Morgan fingerprint density at radius 3 is 2.96 bits per heavy atom. The van der Waals surface area contributed by atoms with Crippen LogP contribution in [0.1, 0.15) is 42.5 Å². The van der Waals surface area contributed by atoms with E-state index in [1.807, 2.05) is 0 Å². The molecule has 8 heteroatoms. The van der Waals surface area contributed by atoms with E-state index in [-0.39, 0.29) is 54.2 Å². The highest BCUT2D eigenvalue weighted by molar-refractivity contribution is 6.31. The van der Waals surface area contributed by atoms with Gasteiger partial charge in [-0.15, -0.1) is 0 Å². The highest BCUT2D eigenvalue weighted by atomic mass is 35.5. The lowest BCUT2D eigenvalue weighted by atomic mass is 10.1. The topological polar surface area (TPSA) is 59.2 Å². The number of benzene rings is 1. The first-order valence-corrected chi connectivity index (χ1v) is 8.58. The van der Waals surface area contributed by atoms with Crippen LogP contribution in [0.25, 0.3) is 0 Å². The average Bonchev–Trinajstić information content (AvgIpc) is 3.15. The van der Waals surface area contributed by atoms with Crippen LogP contribution in [0.4, 0.5) is 8.78 Å². The van der Waals surface area contributed by atoms with Crippen molar-refractivity contribution in [3.05, 3.63) is 46.3 Å². The number of aromatic nitrogens is 2. The highest BCUT2D eigenvalue weighted by Crippen LogP contribution is 2.41. The van der Waals surface area contributed by atoms with E-state index in [1.165, 1.54) is 23.1 Å². The Balaban J connectivity index is 1.46. The van der Waals surface area contributed by atoms with Crippen molar-refractivity contribution in [2.24, 2.45) is 0 Å². The maximum atomic E-state index is 15.2. The lowest BCUT2D eigenvalue weighted by Gasteiger charge is -2.18. The normalized spacial score (nSPS) is 23.2. The van der Waals surface area contributed by atoms with Crippen LogP contribution in [0, 0.1) is 5.82 Å². The molecule has 0 radical (unpaired) electrons. The van der Waals surface area contributed by atoms with Gasteiger partial charge in [0.2, 0.25) is 11.6 Å². The molecule has 2 aliphatic rings. The predicted molar refractivity (Wildman–Crippen MR) is 85.4 cm³/mol. The minimum atomic E-state index is -1.85. The minimum absolute atomic E-state index is 0.0753. The van der Waals surface area contributed by atoms with Gasteiger partial charge in [0.25, 0.3) is 5.89 Å². The molecule has 0 bridgehead atoms. The summed E-state index contributed by atoms with van der Waals surface area (Å²) in [6.07, 6.45) is 1.85. The first-order valence-electron chi connectivity index (χ1n) is 8.20. The van der Waals surface area contributed by atoms with E-state index in [0.717, 1.165) is 12.8 Å². The molecule has 1 saturated carbocycles. The van der Waals surface area contributed by atoms with Crippen LogP contribution in [0.5, 0.6) is 0 Å². The zero-order chi connectivity index (χ0) is 17.6. The van der Waals surface area contributed by atoms with E-state index >= 15 is 4.39 Å². The van der Waals surface area contributed by atoms with Gasteiger partial charge in [0.05, 0.1) is 13.0 Å². The Hall–Kier alpha value is -2.02. The molecular formula is C17H16ClF2N3O2. The number of rotatable bonds is 4. The van der Waals surface area contributed by atoms with Gasteiger partial charge in [0, 0.05) is 29.5 Å². The summed E-state index contributed by atoms with van der Waals surface area (Å²) >= 11 is 5.95. The molecule has 1 saturated heterocycles. The van der Waals surface area contributed by atoms with E-state index in [1.54, 1.807) is 0 Å². The Bertz CT molecular complexity index is 804. The second-order valence-corrected chi connectivity index (χ2v) is 7.05. The molecule has 4 rings (SSSR count). The Labute approximate surface area is 148 Å². The summed E-state index contributed by atoms with van der Waals surface area (Å²) < 4.78 is 34.1. The second kappa shape index (κ2) is 6.05. The first kappa shape index (κ1) is 16.4. The van der Waals surface area contributed by atoms with Gasteiger partial charge >= 0.3 is 0 Å². The van der Waals surface area contributed by atoms with Gasteiger partial charge in [0.15, 0.2) is 5.82 Å². The summed E-state index contributed by atoms with van der Waals surface area (Å²) in [6, 6.07) is 4.24. The molecule has 2 aromatic rings. The van der Waals surface area contributed by atoms with Gasteiger partial charge in [-0.25, -0.2) is 8.78 Å². The lowest BCUT2D eigenvalue weighted by Crippen LogP contribution is -2.33. The third-order valence-corrected chi connectivity index (χ3v) is 5.08. The average molecular weight is 368 g/mol. The van der Waals surface area contributed by atoms with Crippen molar-refractivity contribution in [2.45, 2.75) is 37.3 Å². The lowest BCUT2D eigenvalue weighted by molar-refractivity contribution is -0.130. The van der Waals surface area contributed by atoms with E-state index < -0.39 is 11.5 Å². The maximum absolute atomic E-state index is 15.2. The van der Waals surface area contributed by atoms with E-state index in [0.29, 0.717) is 5.82 Å². The van der Waals surface area contributed by atoms with Gasteiger partial charge in [-0.1, -0.05) is 22.8 Å². The molecule has 1 unspecified atom stereocenters. The molecule has 1 aromatic carbocycles. The van der Waals surface area contributed by atoms with Crippen LogP contribution in [0.3, 0.4) is 0 Å². The van der Waals surface area contributed by atoms with Crippen molar-refractivity contribution in [2.75, 3.05) is 13.1 Å². The van der Waals surface area contributed by atoms with Crippen molar-refractivity contribution in [3.8, 4) is 0 Å². The molecular weight excluding hydrogens is 352 g/mol. The molecule has 1 aliphatic heterocycles. The summed E-state index contributed by atoms with van der Waals surface area (Å²) in [6.45, 7) is 0.0345. The third kappa shape index (κ3) is 3.13. The smallest absolute Gasteiger partial charge is 0.266 e. The number of alkyl halides is 1. The number of carbonyl (C=O) groups excluding carboxylic acids is 1. The van der Waals surface area contributed by atoms with Crippen molar-refractivity contribution in [1.82, 2.24) is 15.0 Å².